The van der Waals surface area contributed by atoms with Gasteiger partial charge in [0.2, 0.25) is 10.0 Å². The Morgan fingerprint density at radius 2 is 1.80 bits per heavy atom. The number of aryl methyl sites for hydroxylation is 1. The predicted octanol–water partition coefficient (Wildman–Crippen LogP) is 1.70. The summed E-state index contributed by atoms with van der Waals surface area (Å²) in [7, 11) is -3.50. The highest BCUT2D eigenvalue weighted by Crippen LogP contribution is 2.16. The van der Waals surface area contributed by atoms with Crippen molar-refractivity contribution < 1.29 is 18.3 Å². The molecular weight excluding hydrogens is 278 g/mol. The summed E-state index contributed by atoms with van der Waals surface area (Å²) in [6, 6.07) is 6.28. The van der Waals surface area contributed by atoms with Crippen molar-refractivity contribution in [3.63, 3.8) is 0 Å². The number of sulfonamides is 1. The van der Waals surface area contributed by atoms with Crippen LogP contribution in [0.5, 0.6) is 0 Å². The predicted molar refractivity (Wildman–Crippen MR) is 74.9 cm³/mol. The molecular formula is C14H17NO4S. The summed E-state index contributed by atoms with van der Waals surface area (Å²) in [5, 5.41) is 8.61. The Kier molecular flexibility index (Phi) is 4.57. The normalized spacial score (nSPS) is 15.6. The Labute approximate surface area is 118 Å². The number of carboxylic acids is 1. The standard InChI is InChI=1S/C14H17NO4S/c16-14(17)10-7-11-5-8-13(9-6-11)20(18,19)15-12-3-1-2-4-12/h1-2,5-6,8-9,12,15H,3-4,7,10H2,(H,16,17). The van der Waals surface area contributed by atoms with Crippen LogP contribution in [0.25, 0.3) is 0 Å². The van der Waals surface area contributed by atoms with Crippen LogP contribution in [-0.2, 0) is 21.2 Å². The summed E-state index contributed by atoms with van der Waals surface area (Å²) in [5.74, 6) is -0.864. The molecule has 0 fully saturated rings. The summed E-state index contributed by atoms with van der Waals surface area (Å²) in [6.07, 6.45) is 5.80. The average Bonchev–Trinajstić information content (AvgIpc) is 2.89. The fourth-order valence-corrected chi connectivity index (χ4v) is 3.35. The Bertz CT molecular complexity index is 597. The van der Waals surface area contributed by atoms with E-state index in [9.17, 15) is 13.2 Å². The minimum atomic E-state index is -3.50. The van der Waals surface area contributed by atoms with Gasteiger partial charge in [-0.25, -0.2) is 13.1 Å². The molecule has 0 atom stereocenters. The van der Waals surface area contributed by atoms with Gasteiger partial charge in [0.15, 0.2) is 0 Å². The van der Waals surface area contributed by atoms with E-state index in [2.05, 4.69) is 4.72 Å². The molecule has 108 valence electrons. The molecule has 2 rings (SSSR count). The number of hydrogen-bond acceptors (Lipinski definition) is 3. The number of rotatable bonds is 6. The van der Waals surface area contributed by atoms with Crippen molar-refractivity contribution in [2.45, 2.75) is 36.6 Å². The molecule has 1 aromatic carbocycles. The first-order valence-corrected chi connectivity index (χ1v) is 7.94. The van der Waals surface area contributed by atoms with Gasteiger partial charge < -0.3 is 5.11 Å². The molecule has 2 N–H and O–H groups in total. The van der Waals surface area contributed by atoms with Crippen molar-refractivity contribution in [3.05, 3.63) is 42.0 Å². The lowest BCUT2D eigenvalue weighted by atomic mass is 10.1. The number of nitrogens with one attached hydrogen (secondary N) is 1. The third kappa shape index (κ3) is 3.91. The zero-order valence-corrected chi connectivity index (χ0v) is 11.8. The smallest absolute Gasteiger partial charge is 0.303 e. The Hall–Kier alpha value is -1.66. The fraction of sp³-hybridized carbons (Fsp3) is 0.357. The van der Waals surface area contributed by atoms with Gasteiger partial charge in [-0.3, -0.25) is 4.79 Å². The Morgan fingerprint density at radius 3 is 2.35 bits per heavy atom. The van der Waals surface area contributed by atoms with Gasteiger partial charge in [-0.05, 0) is 37.0 Å². The van der Waals surface area contributed by atoms with E-state index < -0.39 is 16.0 Å². The molecule has 20 heavy (non-hydrogen) atoms. The molecule has 0 saturated heterocycles. The minimum Gasteiger partial charge on any atom is -0.481 e. The number of carbonyl (C=O) groups is 1. The molecule has 0 aromatic heterocycles. The van der Waals surface area contributed by atoms with Crippen molar-refractivity contribution >= 4 is 16.0 Å². The maximum Gasteiger partial charge on any atom is 0.303 e. The fourth-order valence-electron chi connectivity index (χ4n) is 2.09. The van der Waals surface area contributed by atoms with Crippen molar-refractivity contribution in [3.8, 4) is 0 Å². The lowest BCUT2D eigenvalue weighted by Gasteiger charge is -2.12. The molecule has 0 aliphatic heterocycles. The van der Waals surface area contributed by atoms with Gasteiger partial charge >= 0.3 is 5.97 Å². The third-order valence-electron chi connectivity index (χ3n) is 3.19. The maximum atomic E-state index is 12.1. The highest BCUT2D eigenvalue weighted by atomic mass is 32.2. The van der Waals surface area contributed by atoms with Crippen molar-refractivity contribution in [2.75, 3.05) is 0 Å². The summed E-state index contributed by atoms with van der Waals surface area (Å²) in [6.45, 7) is 0. The number of hydrogen-bond donors (Lipinski definition) is 2. The van der Waals surface area contributed by atoms with E-state index in [1.807, 2.05) is 12.2 Å². The molecule has 5 nitrogen and oxygen atoms in total. The highest BCUT2D eigenvalue weighted by molar-refractivity contribution is 7.89. The molecule has 0 saturated carbocycles. The van der Waals surface area contributed by atoms with Crippen LogP contribution in [0.2, 0.25) is 0 Å². The molecule has 1 aromatic rings. The average molecular weight is 295 g/mol. The number of carboxylic acid groups (broad SMARTS) is 1. The first kappa shape index (κ1) is 14.7. The molecule has 1 aliphatic rings. The van der Waals surface area contributed by atoms with Crippen LogP contribution < -0.4 is 4.72 Å². The van der Waals surface area contributed by atoms with Crippen LogP contribution in [0.1, 0.15) is 24.8 Å². The molecule has 0 radical (unpaired) electrons. The largest absolute Gasteiger partial charge is 0.481 e. The van der Waals surface area contributed by atoms with Gasteiger partial charge in [0, 0.05) is 12.5 Å². The van der Waals surface area contributed by atoms with E-state index in [0.717, 1.165) is 18.4 Å². The van der Waals surface area contributed by atoms with E-state index in [-0.39, 0.29) is 17.4 Å². The van der Waals surface area contributed by atoms with Crippen molar-refractivity contribution in [1.82, 2.24) is 4.72 Å². The topological polar surface area (TPSA) is 83.5 Å². The van der Waals surface area contributed by atoms with E-state index >= 15 is 0 Å². The van der Waals surface area contributed by atoms with Crippen LogP contribution >= 0.6 is 0 Å². The lowest BCUT2D eigenvalue weighted by Crippen LogP contribution is -2.32. The second kappa shape index (κ2) is 6.19. The molecule has 0 bridgehead atoms. The van der Waals surface area contributed by atoms with Gasteiger partial charge in [0.1, 0.15) is 0 Å². The molecule has 0 spiro atoms. The molecule has 0 heterocycles. The highest BCUT2D eigenvalue weighted by Gasteiger charge is 2.20. The van der Waals surface area contributed by atoms with E-state index in [1.54, 1.807) is 12.1 Å². The van der Waals surface area contributed by atoms with Gasteiger partial charge in [0.25, 0.3) is 0 Å². The van der Waals surface area contributed by atoms with Gasteiger partial charge in [0.05, 0.1) is 4.90 Å². The van der Waals surface area contributed by atoms with E-state index in [1.165, 1.54) is 12.1 Å². The second-order valence-electron chi connectivity index (χ2n) is 4.80. The van der Waals surface area contributed by atoms with Crippen LogP contribution in [0.15, 0.2) is 41.3 Å². The third-order valence-corrected chi connectivity index (χ3v) is 4.73. The first-order chi connectivity index (χ1) is 9.47. The molecule has 6 heteroatoms. The van der Waals surface area contributed by atoms with Crippen molar-refractivity contribution in [2.24, 2.45) is 0 Å². The number of aliphatic carboxylic acids is 1. The molecule has 1 aliphatic carbocycles. The Balaban J connectivity index is 2.02. The molecule has 0 unspecified atom stereocenters. The van der Waals surface area contributed by atoms with Crippen LogP contribution in [0.4, 0.5) is 0 Å². The quantitative estimate of drug-likeness (QED) is 0.782. The second-order valence-corrected chi connectivity index (χ2v) is 6.51. The van der Waals surface area contributed by atoms with Gasteiger partial charge in [-0.15, -0.1) is 0 Å². The SMILES string of the molecule is O=C(O)CCc1ccc(S(=O)(=O)NC2CC=CC2)cc1. The monoisotopic (exact) mass is 295 g/mol. The zero-order valence-electron chi connectivity index (χ0n) is 11.0. The van der Waals surface area contributed by atoms with Crippen molar-refractivity contribution in [1.29, 1.82) is 0 Å². The summed E-state index contributed by atoms with van der Waals surface area (Å²) in [4.78, 5) is 10.7. The Morgan fingerprint density at radius 1 is 1.20 bits per heavy atom. The van der Waals surface area contributed by atoms with Crippen LogP contribution in [0, 0.1) is 0 Å². The maximum absolute atomic E-state index is 12.1. The first-order valence-electron chi connectivity index (χ1n) is 6.45. The summed E-state index contributed by atoms with van der Waals surface area (Å²) in [5.41, 5.74) is 0.814. The van der Waals surface area contributed by atoms with Crippen LogP contribution in [-0.4, -0.2) is 25.5 Å². The van der Waals surface area contributed by atoms with E-state index in [0.29, 0.717) is 6.42 Å². The van der Waals surface area contributed by atoms with E-state index in [4.69, 9.17) is 5.11 Å². The zero-order chi connectivity index (χ0) is 14.6. The van der Waals surface area contributed by atoms with Gasteiger partial charge in [-0.1, -0.05) is 24.3 Å². The lowest BCUT2D eigenvalue weighted by molar-refractivity contribution is -0.136. The van der Waals surface area contributed by atoms with Gasteiger partial charge in [-0.2, -0.15) is 0 Å². The summed E-state index contributed by atoms with van der Waals surface area (Å²) < 4.78 is 26.9. The summed E-state index contributed by atoms with van der Waals surface area (Å²) >= 11 is 0. The molecule has 0 amide bonds. The minimum absolute atomic E-state index is 0.0398. The van der Waals surface area contributed by atoms with Crippen LogP contribution in [0.3, 0.4) is 0 Å². The number of benzene rings is 1.